The molecule has 0 atom stereocenters. The van der Waals surface area contributed by atoms with Crippen molar-refractivity contribution in [1.82, 2.24) is 4.98 Å². The molecule has 0 saturated carbocycles. The molecule has 0 unspecified atom stereocenters. The summed E-state index contributed by atoms with van der Waals surface area (Å²) < 4.78 is 37.6. The fraction of sp³-hybridized carbons (Fsp3) is 0.286. The van der Waals surface area contributed by atoms with Gasteiger partial charge in [-0.25, -0.2) is 13.2 Å². The first-order valence-electron chi connectivity index (χ1n) is 3.65. The Balaban J connectivity index is 3.38. The predicted molar refractivity (Wildman–Crippen MR) is 45.4 cm³/mol. The first-order chi connectivity index (χ1) is 6.97. The number of rotatable bonds is 3. The van der Waals surface area contributed by atoms with E-state index < -0.39 is 34.6 Å². The molecular formula is C7H4ClF3N2O2. The van der Waals surface area contributed by atoms with E-state index in [0.717, 1.165) is 6.07 Å². The lowest BCUT2D eigenvalue weighted by atomic mass is 10.2. The van der Waals surface area contributed by atoms with Crippen LogP contribution in [0.25, 0.3) is 0 Å². The van der Waals surface area contributed by atoms with Crippen molar-refractivity contribution < 1.29 is 18.1 Å². The molecule has 0 aliphatic carbocycles. The summed E-state index contributed by atoms with van der Waals surface area (Å²) in [6, 6.07) is 0.730. The maximum Gasteiger partial charge on any atom is 0.364 e. The van der Waals surface area contributed by atoms with Crippen molar-refractivity contribution in [2.75, 3.05) is 0 Å². The molecule has 1 rings (SSSR count). The molecule has 8 heteroatoms. The molecule has 0 amide bonds. The van der Waals surface area contributed by atoms with Crippen LogP contribution in [0.3, 0.4) is 0 Å². The maximum absolute atomic E-state index is 13.1. The van der Waals surface area contributed by atoms with E-state index in [1.807, 2.05) is 0 Å². The van der Waals surface area contributed by atoms with Crippen LogP contribution in [-0.2, 0) is 5.88 Å². The van der Waals surface area contributed by atoms with Crippen LogP contribution in [0.2, 0.25) is 0 Å². The second-order valence-electron chi connectivity index (χ2n) is 2.53. The number of nitrogens with zero attached hydrogens (tertiary/aromatic N) is 2. The highest BCUT2D eigenvalue weighted by Gasteiger charge is 2.27. The van der Waals surface area contributed by atoms with Gasteiger partial charge in [0.2, 0.25) is 0 Å². The largest absolute Gasteiger partial charge is 0.364 e. The zero-order valence-electron chi connectivity index (χ0n) is 7.08. The third-order valence-electron chi connectivity index (χ3n) is 1.58. The first kappa shape index (κ1) is 11.7. The number of halogens is 4. The first-order valence-corrected chi connectivity index (χ1v) is 4.18. The molecule has 0 N–H and O–H groups in total. The van der Waals surface area contributed by atoms with E-state index in [1.54, 1.807) is 0 Å². The summed E-state index contributed by atoms with van der Waals surface area (Å²) in [6.45, 7) is 0. The molecule has 0 aromatic carbocycles. The van der Waals surface area contributed by atoms with Gasteiger partial charge >= 0.3 is 12.2 Å². The van der Waals surface area contributed by atoms with Gasteiger partial charge in [-0.2, -0.15) is 0 Å². The van der Waals surface area contributed by atoms with Crippen LogP contribution in [0, 0.1) is 15.9 Å². The molecule has 0 bridgehead atoms. The Morgan fingerprint density at radius 1 is 1.60 bits per heavy atom. The number of hydrogen-bond donors (Lipinski definition) is 0. The average molecular weight is 241 g/mol. The molecular weight excluding hydrogens is 237 g/mol. The normalized spacial score (nSPS) is 10.7. The van der Waals surface area contributed by atoms with Gasteiger partial charge in [0.25, 0.3) is 5.69 Å². The monoisotopic (exact) mass is 240 g/mol. The zero-order chi connectivity index (χ0) is 11.6. The quantitative estimate of drug-likeness (QED) is 0.464. The molecule has 0 aliphatic rings. The zero-order valence-corrected chi connectivity index (χ0v) is 7.84. The highest BCUT2D eigenvalue weighted by atomic mass is 35.5. The van der Waals surface area contributed by atoms with Crippen LogP contribution in [0.5, 0.6) is 0 Å². The van der Waals surface area contributed by atoms with Gasteiger partial charge in [0.1, 0.15) is 0 Å². The summed E-state index contributed by atoms with van der Waals surface area (Å²) in [5.74, 6) is -2.58. The summed E-state index contributed by atoms with van der Waals surface area (Å²) in [6.07, 6.45) is -3.22. The van der Waals surface area contributed by atoms with E-state index in [2.05, 4.69) is 4.98 Å². The van der Waals surface area contributed by atoms with Gasteiger partial charge in [0.15, 0.2) is 5.82 Å². The van der Waals surface area contributed by atoms with Gasteiger partial charge in [-0.1, -0.05) is 0 Å². The number of pyridine rings is 1. The third-order valence-corrected chi connectivity index (χ3v) is 1.87. The van der Waals surface area contributed by atoms with E-state index in [9.17, 15) is 23.3 Å². The van der Waals surface area contributed by atoms with Crippen LogP contribution >= 0.6 is 11.6 Å². The molecule has 0 spiro atoms. The van der Waals surface area contributed by atoms with E-state index in [-0.39, 0.29) is 5.56 Å². The fourth-order valence-corrected chi connectivity index (χ4v) is 1.12. The van der Waals surface area contributed by atoms with E-state index >= 15 is 0 Å². The second kappa shape index (κ2) is 4.43. The summed E-state index contributed by atoms with van der Waals surface area (Å²) in [5.41, 5.74) is -1.62. The molecule has 1 aromatic heterocycles. The van der Waals surface area contributed by atoms with Crippen molar-refractivity contribution in [2.24, 2.45) is 0 Å². The lowest BCUT2D eigenvalue weighted by molar-refractivity contribution is -0.389. The molecule has 4 nitrogen and oxygen atoms in total. The smallest absolute Gasteiger partial charge is 0.358 e. The van der Waals surface area contributed by atoms with Crippen LogP contribution < -0.4 is 0 Å². The van der Waals surface area contributed by atoms with Gasteiger partial charge in [-0.05, 0) is 9.91 Å². The second-order valence-corrected chi connectivity index (χ2v) is 2.80. The van der Waals surface area contributed by atoms with E-state index in [4.69, 9.17) is 11.6 Å². The Morgan fingerprint density at radius 3 is 2.60 bits per heavy atom. The van der Waals surface area contributed by atoms with E-state index in [0.29, 0.717) is 0 Å². The standard InChI is InChI=1S/C7H4ClF3N2O2/c8-2-3-1-4(13(14)15)12-6(5(3)9)7(10)11/h1,7H,2H2. The molecule has 82 valence electrons. The van der Waals surface area contributed by atoms with Gasteiger partial charge < -0.3 is 10.1 Å². The van der Waals surface area contributed by atoms with Crippen molar-refractivity contribution >= 4 is 17.4 Å². The van der Waals surface area contributed by atoms with Crippen LogP contribution in [-0.4, -0.2) is 9.91 Å². The summed E-state index contributed by atoms with van der Waals surface area (Å²) in [4.78, 5) is 12.2. The minimum absolute atomic E-state index is 0.367. The van der Waals surface area contributed by atoms with Crippen molar-refractivity contribution in [1.29, 1.82) is 0 Å². The summed E-state index contributed by atoms with van der Waals surface area (Å²) in [5, 5.41) is 10.3. The summed E-state index contributed by atoms with van der Waals surface area (Å²) in [7, 11) is 0. The molecule has 0 aliphatic heterocycles. The molecule has 0 fully saturated rings. The molecule has 1 heterocycles. The van der Waals surface area contributed by atoms with Gasteiger partial charge in [0.05, 0.1) is 5.88 Å². The lowest BCUT2D eigenvalue weighted by Crippen LogP contribution is -2.04. The number of aromatic nitrogens is 1. The van der Waals surface area contributed by atoms with Gasteiger partial charge in [-0.15, -0.1) is 11.6 Å². The fourth-order valence-electron chi connectivity index (χ4n) is 0.924. The maximum atomic E-state index is 13.1. The van der Waals surface area contributed by atoms with Gasteiger partial charge in [-0.3, -0.25) is 0 Å². The third kappa shape index (κ3) is 2.35. The number of nitro groups is 1. The minimum Gasteiger partial charge on any atom is -0.358 e. The average Bonchev–Trinajstić information content (AvgIpc) is 2.17. The topological polar surface area (TPSA) is 56.0 Å². The van der Waals surface area contributed by atoms with Crippen molar-refractivity contribution in [2.45, 2.75) is 12.3 Å². The van der Waals surface area contributed by atoms with Gasteiger partial charge in [0, 0.05) is 11.6 Å². The van der Waals surface area contributed by atoms with E-state index in [1.165, 1.54) is 0 Å². The molecule has 0 saturated heterocycles. The minimum atomic E-state index is -3.22. The van der Waals surface area contributed by atoms with Crippen LogP contribution in [0.1, 0.15) is 17.7 Å². The summed E-state index contributed by atoms with van der Waals surface area (Å²) >= 11 is 5.25. The molecule has 1 aromatic rings. The SMILES string of the molecule is O=[N+]([O-])c1cc(CCl)c(F)c(C(F)F)n1. The predicted octanol–water partition coefficient (Wildman–Crippen LogP) is 2.81. The Morgan fingerprint density at radius 2 is 2.20 bits per heavy atom. The van der Waals surface area contributed by atoms with Crippen LogP contribution in [0.4, 0.5) is 19.0 Å². The lowest BCUT2D eigenvalue weighted by Gasteiger charge is -2.01. The Labute approximate surface area is 86.8 Å². The Hall–Kier alpha value is -1.37. The Bertz CT molecular complexity index is 400. The van der Waals surface area contributed by atoms with Crippen molar-refractivity contribution in [3.63, 3.8) is 0 Å². The number of alkyl halides is 3. The molecule has 15 heavy (non-hydrogen) atoms. The highest BCUT2D eigenvalue weighted by molar-refractivity contribution is 6.17. The van der Waals surface area contributed by atoms with Crippen LogP contribution in [0.15, 0.2) is 6.07 Å². The Kier molecular flexibility index (Phi) is 3.46. The molecule has 0 radical (unpaired) electrons. The van der Waals surface area contributed by atoms with Crippen molar-refractivity contribution in [3.8, 4) is 0 Å². The number of hydrogen-bond acceptors (Lipinski definition) is 3. The highest BCUT2D eigenvalue weighted by Crippen LogP contribution is 2.26. The van der Waals surface area contributed by atoms with Crippen molar-refractivity contribution in [3.05, 3.63) is 33.3 Å².